The molecule has 5 nitrogen and oxygen atoms in total. The molecule has 0 N–H and O–H groups in total. The summed E-state index contributed by atoms with van der Waals surface area (Å²) < 4.78 is 19.4. The molecule has 2 aromatic rings. The van der Waals surface area contributed by atoms with E-state index < -0.39 is 0 Å². The molecular formula is C23H28FN3O2. The van der Waals surface area contributed by atoms with Crippen molar-refractivity contribution in [3.8, 4) is 0 Å². The summed E-state index contributed by atoms with van der Waals surface area (Å²) in [6.45, 7) is 6.29. The third-order valence-electron chi connectivity index (χ3n) is 5.80. The number of ether oxygens (including phenoxy) is 1. The van der Waals surface area contributed by atoms with Gasteiger partial charge in [-0.25, -0.2) is 4.39 Å². The minimum atomic E-state index is -0.273. The number of nitrogens with zero attached hydrogens (tertiary/aromatic N) is 3. The molecule has 0 bridgehead atoms. The van der Waals surface area contributed by atoms with Crippen molar-refractivity contribution in [2.75, 3.05) is 52.5 Å². The summed E-state index contributed by atoms with van der Waals surface area (Å²) in [5.41, 5.74) is 1.76. The first-order valence-corrected chi connectivity index (χ1v) is 10.3. The quantitative estimate of drug-likeness (QED) is 0.777. The molecule has 1 amide bonds. The van der Waals surface area contributed by atoms with Crippen LogP contribution in [0.2, 0.25) is 0 Å². The Balaban J connectivity index is 1.45. The number of hydrogen-bond donors (Lipinski definition) is 0. The Bertz CT molecular complexity index is 803. The van der Waals surface area contributed by atoms with Crippen LogP contribution in [-0.2, 0) is 16.1 Å². The van der Waals surface area contributed by atoms with Gasteiger partial charge in [-0.15, -0.1) is 0 Å². The van der Waals surface area contributed by atoms with E-state index in [-0.39, 0.29) is 17.8 Å². The SMILES string of the molecule is O=C(C(c1ccccc1)N1CCN(Cc2ccccc2F)CC1)N1CCOCC1. The molecule has 0 radical (unpaired) electrons. The smallest absolute Gasteiger partial charge is 0.244 e. The minimum absolute atomic E-state index is 0.153. The highest BCUT2D eigenvalue weighted by molar-refractivity contribution is 5.83. The Kier molecular flexibility index (Phi) is 6.54. The first-order chi connectivity index (χ1) is 14.2. The van der Waals surface area contributed by atoms with Gasteiger partial charge < -0.3 is 9.64 Å². The van der Waals surface area contributed by atoms with Gasteiger partial charge in [0, 0.05) is 51.4 Å². The molecule has 0 saturated carbocycles. The Morgan fingerprint density at radius 1 is 0.897 bits per heavy atom. The second kappa shape index (κ2) is 9.48. The number of benzene rings is 2. The number of amides is 1. The summed E-state index contributed by atoms with van der Waals surface area (Å²) in [5, 5.41) is 0. The fourth-order valence-corrected chi connectivity index (χ4v) is 4.15. The minimum Gasteiger partial charge on any atom is -0.378 e. The van der Waals surface area contributed by atoms with Crippen LogP contribution in [0.15, 0.2) is 54.6 Å². The van der Waals surface area contributed by atoms with Crippen molar-refractivity contribution in [3.05, 3.63) is 71.5 Å². The van der Waals surface area contributed by atoms with Crippen LogP contribution < -0.4 is 0 Å². The number of rotatable bonds is 5. The zero-order valence-electron chi connectivity index (χ0n) is 16.7. The molecule has 0 spiro atoms. The number of hydrogen-bond acceptors (Lipinski definition) is 4. The molecule has 2 fully saturated rings. The van der Waals surface area contributed by atoms with E-state index in [2.05, 4.69) is 9.80 Å². The lowest BCUT2D eigenvalue weighted by molar-refractivity contribution is -0.142. The van der Waals surface area contributed by atoms with E-state index in [1.54, 1.807) is 6.07 Å². The molecule has 4 rings (SSSR count). The van der Waals surface area contributed by atoms with Crippen molar-refractivity contribution in [1.29, 1.82) is 0 Å². The molecule has 154 valence electrons. The molecule has 0 aliphatic carbocycles. The fourth-order valence-electron chi connectivity index (χ4n) is 4.15. The van der Waals surface area contributed by atoms with E-state index in [0.29, 0.717) is 32.8 Å². The average molecular weight is 397 g/mol. The maximum Gasteiger partial charge on any atom is 0.244 e. The predicted octanol–water partition coefficient (Wildman–Crippen LogP) is 2.54. The van der Waals surface area contributed by atoms with E-state index in [1.807, 2.05) is 47.4 Å². The van der Waals surface area contributed by atoms with Gasteiger partial charge in [0.05, 0.1) is 13.2 Å². The van der Waals surface area contributed by atoms with E-state index in [0.717, 1.165) is 37.3 Å². The van der Waals surface area contributed by atoms with E-state index in [1.165, 1.54) is 6.07 Å². The Morgan fingerprint density at radius 3 is 2.24 bits per heavy atom. The summed E-state index contributed by atoms with van der Waals surface area (Å²) in [4.78, 5) is 19.8. The number of morpholine rings is 1. The van der Waals surface area contributed by atoms with Gasteiger partial charge in [0.2, 0.25) is 5.91 Å². The lowest BCUT2D eigenvalue weighted by Crippen LogP contribution is -2.52. The van der Waals surface area contributed by atoms with Crippen molar-refractivity contribution in [2.45, 2.75) is 12.6 Å². The molecule has 2 heterocycles. The van der Waals surface area contributed by atoms with Crippen LogP contribution in [-0.4, -0.2) is 73.1 Å². The van der Waals surface area contributed by atoms with Crippen LogP contribution in [0.4, 0.5) is 4.39 Å². The molecule has 0 aromatic heterocycles. The van der Waals surface area contributed by atoms with Crippen LogP contribution in [0.3, 0.4) is 0 Å². The van der Waals surface area contributed by atoms with Crippen molar-refractivity contribution >= 4 is 5.91 Å². The van der Waals surface area contributed by atoms with Gasteiger partial charge in [0.25, 0.3) is 0 Å². The lowest BCUT2D eigenvalue weighted by Gasteiger charge is -2.41. The van der Waals surface area contributed by atoms with Crippen LogP contribution in [0.25, 0.3) is 0 Å². The highest BCUT2D eigenvalue weighted by Gasteiger charge is 2.33. The zero-order chi connectivity index (χ0) is 20.1. The Morgan fingerprint density at radius 2 is 1.55 bits per heavy atom. The van der Waals surface area contributed by atoms with Crippen LogP contribution in [0.5, 0.6) is 0 Å². The van der Waals surface area contributed by atoms with Crippen LogP contribution >= 0.6 is 0 Å². The normalized spacial score (nSPS) is 19.8. The summed E-state index contributed by atoms with van der Waals surface area (Å²) >= 11 is 0. The van der Waals surface area contributed by atoms with E-state index in [9.17, 15) is 9.18 Å². The maximum absolute atomic E-state index is 14.0. The topological polar surface area (TPSA) is 36.0 Å². The van der Waals surface area contributed by atoms with Crippen LogP contribution in [0, 0.1) is 5.82 Å². The third kappa shape index (κ3) is 4.83. The highest BCUT2D eigenvalue weighted by atomic mass is 19.1. The van der Waals surface area contributed by atoms with Gasteiger partial charge >= 0.3 is 0 Å². The standard InChI is InChI=1S/C23H28FN3O2/c24-21-9-5-4-8-20(21)18-25-10-12-26(13-11-25)22(19-6-2-1-3-7-19)23(28)27-14-16-29-17-15-27/h1-9,22H,10-18H2. The summed E-state index contributed by atoms with van der Waals surface area (Å²) in [7, 11) is 0. The molecule has 6 heteroatoms. The monoisotopic (exact) mass is 397 g/mol. The number of carbonyl (C=O) groups is 1. The van der Waals surface area contributed by atoms with Crippen molar-refractivity contribution in [2.24, 2.45) is 0 Å². The molecule has 1 unspecified atom stereocenters. The van der Waals surface area contributed by atoms with Crippen molar-refractivity contribution in [3.63, 3.8) is 0 Å². The second-order valence-electron chi connectivity index (χ2n) is 7.65. The van der Waals surface area contributed by atoms with E-state index >= 15 is 0 Å². The summed E-state index contributed by atoms with van der Waals surface area (Å²) in [6, 6.07) is 16.7. The molecule has 29 heavy (non-hydrogen) atoms. The van der Waals surface area contributed by atoms with Crippen LogP contribution in [0.1, 0.15) is 17.2 Å². The van der Waals surface area contributed by atoms with Crippen molar-refractivity contribution in [1.82, 2.24) is 14.7 Å². The van der Waals surface area contributed by atoms with Crippen molar-refractivity contribution < 1.29 is 13.9 Å². The third-order valence-corrected chi connectivity index (χ3v) is 5.80. The second-order valence-corrected chi connectivity index (χ2v) is 7.65. The number of piperazine rings is 1. The lowest BCUT2D eigenvalue weighted by atomic mass is 10.0. The maximum atomic E-state index is 14.0. The Labute approximate surface area is 171 Å². The molecular weight excluding hydrogens is 369 g/mol. The van der Waals surface area contributed by atoms with Gasteiger partial charge in [-0.1, -0.05) is 48.5 Å². The predicted molar refractivity (Wildman–Crippen MR) is 110 cm³/mol. The first-order valence-electron chi connectivity index (χ1n) is 10.3. The zero-order valence-corrected chi connectivity index (χ0v) is 16.7. The average Bonchev–Trinajstić information content (AvgIpc) is 2.78. The molecule has 2 aliphatic rings. The molecule has 1 atom stereocenters. The highest BCUT2D eigenvalue weighted by Crippen LogP contribution is 2.25. The van der Waals surface area contributed by atoms with Gasteiger partial charge in [-0.05, 0) is 11.6 Å². The Hall–Kier alpha value is -2.28. The van der Waals surface area contributed by atoms with Gasteiger partial charge in [0.15, 0.2) is 0 Å². The van der Waals surface area contributed by atoms with Gasteiger partial charge in [-0.2, -0.15) is 0 Å². The number of carbonyl (C=O) groups excluding carboxylic acids is 1. The molecule has 2 aliphatic heterocycles. The number of halogens is 1. The summed E-state index contributed by atoms with van der Waals surface area (Å²) in [5.74, 6) is 0.00152. The molecule has 2 aromatic carbocycles. The van der Waals surface area contributed by atoms with E-state index in [4.69, 9.17) is 4.74 Å². The largest absolute Gasteiger partial charge is 0.378 e. The van der Waals surface area contributed by atoms with Gasteiger partial charge in [0.1, 0.15) is 11.9 Å². The van der Waals surface area contributed by atoms with Gasteiger partial charge in [-0.3, -0.25) is 14.6 Å². The first kappa shape index (κ1) is 20.0. The fraction of sp³-hybridized carbons (Fsp3) is 0.435. The molecule has 2 saturated heterocycles. The summed E-state index contributed by atoms with van der Waals surface area (Å²) in [6.07, 6.45) is 0.